The Hall–Kier alpha value is -0.780. The van der Waals surface area contributed by atoms with Gasteiger partial charge in [-0.1, -0.05) is 70.6 Å². The Balaban J connectivity index is 2.51. The lowest BCUT2D eigenvalue weighted by molar-refractivity contribution is 0.650. The van der Waals surface area contributed by atoms with Gasteiger partial charge in [0.25, 0.3) is 0 Å². The van der Waals surface area contributed by atoms with Gasteiger partial charge < -0.3 is 0 Å². The molecule has 1 aromatic carbocycles. The lowest BCUT2D eigenvalue weighted by Crippen LogP contribution is -1.98. The minimum absolute atomic E-state index is 1.22. The zero-order valence-electron chi connectivity index (χ0n) is 13.0. The molecule has 0 saturated heterocycles. The second-order valence-electron chi connectivity index (χ2n) is 5.68. The quantitative estimate of drug-likeness (QED) is 0.444. The van der Waals surface area contributed by atoms with Gasteiger partial charge in [0, 0.05) is 0 Å². The SMILES string of the molecule is [CH2]c1cccc(CCCCCC)c1CCCCCC. The molecule has 0 bridgehead atoms. The maximum absolute atomic E-state index is 4.22. The van der Waals surface area contributed by atoms with Crippen molar-refractivity contribution in [3.8, 4) is 0 Å². The summed E-state index contributed by atoms with van der Waals surface area (Å²) >= 11 is 0. The molecular formula is C19H31. The Morgan fingerprint density at radius 3 is 2.05 bits per heavy atom. The largest absolute Gasteiger partial charge is 0.0654 e. The third-order valence-corrected chi connectivity index (χ3v) is 3.95. The van der Waals surface area contributed by atoms with Gasteiger partial charge in [-0.25, -0.2) is 0 Å². The van der Waals surface area contributed by atoms with E-state index in [4.69, 9.17) is 0 Å². The van der Waals surface area contributed by atoms with Crippen LogP contribution in [0.2, 0.25) is 0 Å². The van der Waals surface area contributed by atoms with Crippen molar-refractivity contribution in [1.82, 2.24) is 0 Å². The molecule has 1 aromatic rings. The zero-order chi connectivity index (χ0) is 13.9. The van der Waals surface area contributed by atoms with E-state index in [1.807, 2.05) is 0 Å². The van der Waals surface area contributed by atoms with Crippen LogP contribution in [0.5, 0.6) is 0 Å². The van der Waals surface area contributed by atoms with E-state index in [1.165, 1.54) is 75.3 Å². The predicted octanol–water partition coefficient (Wildman–Crippen LogP) is 6.11. The molecular weight excluding hydrogens is 228 g/mol. The third-order valence-electron chi connectivity index (χ3n) is 3.95. The Morgan fingerprint density at radius 1 is 0.789 bits per heavy atom. The first-order valence-electron chi connectivity index (χ1n) is 8.22. The first-order chi connectivity index (χ1) is 9.29. The fourth-order valence-electron chi connectivity index (χ4n) is 2.71. The summed E-state index contributed by atoms with van der Waals surface area (Å²) in [5, 5.41) is 0. The topological polar surface area (TPSA) is 0 Å². The van der Waals surface area contributed by atoms with Gasteiger partial charge in [0.1, 0.15) is 0 Å². The molecule has 0 aliphatic heterocycles. The molecule has 0 heteroatoms. The molecule has 0 unspecified atom stereocenters. The number of hydrogen-bond donors (Lipinski definition) is 0. The summed E-state index contributed by atoms with van der Waals surface area (Å²) in [5.41, 5.74) is 4.35. The summed E-state index contributed by atoms with van der Waals surface area (Å²) in [5.74, 6) is 0. The molecule has 107 valence electrons. The lowest BCUT2D eigenvalue weighted by Gasteiger charge is -2.12. The summed E-state index contributed by atoms with van der Waals surface area (Å²) in [6, 6.07) is 6.66. The average Bonchev–Trinajstić information content (AvgIpc) is 2.42. The van der Waals surface area contributed by atoms with Crippen LogP contribution in [-0.4, -0.2) is 0 Å². The average molecular weight is 259 g/mol. The van der Waals surface area contributed by atoms with Gasteiger partial charge in [0.2, 0.25) is 0 Å². The molecule has 0 fully saturated rings. The molecule has 0 saturated carbocycles. The first kappa shape index (κ1) is 16.3. The Kier molecular flexibility index (Phi) is 8.62. The van der Waals surface area contributed by atoms with Crippen molar-refractivity contribution >= 4 is 0 Å². The maximum Gasteiger partial charge on any atom is -0.0235 e. The van der Waals surface area contributed by atoms with Gasteiger partial charge in [-0.15, -0.1) is 0 Å². The molecule has 0 aliphatic carbocycles. The predicted molar refractivity (Wildman–Crippen MR) is 86.6 cm³/mol. The number of unbranched alkanes of at least 4 members (excludes halogenated alkanes) is 6. The van der Waals surface area contributed by atoms with Crippen molar-refractivity contribution in [1.29, 1.82) is 0 Å². The second-order valence-corrected chi connectivity index (χ2v) is 5.68. The first-order valence-corrected chi connectivity index (χ1v) is 8.22. The molecule has 0 nitrogen and oxygen atoms in total. The summed E-state index contributed by atoms with van der Waals surface area (Å²) in [6.45, 7) is 8.77. The molecule has 1 rings (SSSR count). The Labute approximate surface area is 120 Å². The van der Waals surface area contributed by atoms with Crippen molar-refractivity contribution in [2.45, 2.75) is 78.1 Å². The second kappa shape index (κ2) is 10.1. The molecule has 0 N–H and O–H groups in total. The smallest absolute Gasteiger partial charge is 0.0235 e. The molecule has 0 heterocycles. The fraction of sp³-hybridized carbons (Fsp3) is 0.632. The highest BCUT2D eigenvalue weighted by atomic mass is 14.1. The molecule has 0 aliphatic rings. The van der Waals surface area contributed by atoms with Gasteiger partial charge in [-0.2, -0.15) is 0 Å². The van der Waals surface area contributed by atoms with E-state index in [1.54, 1.807) is 5.56 Å². The van der Waals surface area contributed by atoms with Crippen LogP contribution in [0, 0.1) is 6.92 Å². The number of aryl methyl sites for hydroxylation is 1. The summed E-state index contributed by atoms with van der Waals surface area (Å²) in [4.78, 5) is 0. The van der Waals surface area contributed by atoms with Gasteiger partial charge in [-0.05, 0) is 49.3 Å². The molecule has 1 radical (unpaired) electrons. The van der Waals surface area contributed by atoms with Crippen molar-refractivity contribution in [2.75, 3.05) is 0 Å². The molecule has 0 spiro atoms. The van der Waals surface area contributed by atoms with E-state index < -0.39 is 0 Å². The molecule has 0 aromatic heterocycles. The highest BCUT2D eigenvalue weighted by Crippen LogP contribution is 2.20. The van der Waals surface area contributed by atoms with E-state index in [0.29, 0.717) is 0 Å². The van der Waals surface area contributed by atoms with E-state index in [9.17, 15) is 0 Å². The molecule has 0 atom stereocenters. The normalized spacial score (nSPS) is 10.9. The third kappa shape index (κ3) is 6.27. The van der Waals surface area contributed by atoms with Crippen LogP contribution in [0.25, 0.3) is 0 Å². The van der Waals surface area contributed by atoms with E-state index >= 15 is 0 Å². The van der Waals surface area contributed by atoms with Crippen molar-refractivity contribution in [2.24, 2.45) is 0 Å². The fourth-order valence-corrected chi connectivity index (χ4v) is 2.71. The van der Waals surface area contributed by atoms with E-state index in [-0.39, 0.29) is 0 Å². The molecule has 0 amide bonds. The Bertz CT molecular complexity index is 338. The standard InChI is InChI=1S/C19H31/c1-4-6-8-10-14-18-15-12-13-17(3)19(18)16-11-9-7-5-2/h12-13,15H,3-11,14,16H2,1-2H3. The minimum Gasteiger partial charge on any atom is -0.0654 e. The number of rotatable bonds is 10. The van der Waals surface area contributed by atoms with Crippen molar-refractivity contribution < 1.29 is 0 Å². The van der Waals surface area contributed by atoms with E-state index in [0.717, 1.165) is 0 Å². The van der Waals surface area contributed by atoms with Gasteiger partial charge in [0.05, 0.1) is 0 Å². The summed E-state index contributed by atoms with van der Waals surface area (Å²) in [6.07, 6.45) is 13.2. The van der Waals surface area contributed by atoms with Gasteiger partial charge >= 0.3 is 0 Å². The van der Waals surface area contributed by atoms with Crippen molar-refractivity contribution in [3.05, 3.63) is 41.8 Å². The van der Waals surface area contributed by atoms with Crippen LogP contribution in [0.3, 0.4) is 0 Å². The van der Waals surface area contributed by atoms with Crippen LogP contribution in [0.4, 0.5) is 0 Å². The highest BCUT2D eigenvalue weighted by Gasteiger charge is 2.05. The van der Waals surface area contributed by atoms with Crippen LogP contribution in [0.1, 0.15) is 81.9 Å². The van der Waals surface area contributed by atoms with Gasteiger partial charge in [-0.3, -0.25) is 0 Å². The van der Waals surface area contributed by atoms with Crippen molar-refractivity contribution in [3.63, 3.8) is 0 Å². The molecule has 19 heavy (non-hydrogen) atoms. The van der Waals surface area contributed by atoms with Crippen LogP contribution >= 0.6 is 0 Å². The highest BCUT2D eigenvalue weighted by molar-refractivity contribution is 5.37. The summed E-state index contributed by atoms with van der Waals surface area (Å²) < 4.78 is 0. The maximum atomic E-state index is 4.22. The van der Waals surface area contributed by atoms with Gasteiger partial charge in [0.15, 0.2) is 0 Å². The Morgan fingerprint density at radius 2 is 1.42 bits per heavy atom. The summed E-state index contributed by atoms with van der Waals surface area (Å²) in [7, 11) is 0. The van der Waals surface area contributed by atoms with Crippen LogP contribution in [0.15, 0.2) is 18.2 Å². The van der Waals surface area contributed by atoms with Crippen LogP contribution < -0.4 is 0 Å². The number of hydrogen-bond acceptors (Lipinski definition) is 0. The van der Waals surface area contributed by atoms with E-state index in [2.05, 4.69) is 39.0 Å². The zero-order valence-corrected chi connectivity index (χ0v) is 13.0. The lowest BCUT2D eigenvalue weighted by atomic mass is 9.93. The van der Waals surface area contributed by atoms with Crippen LogP contribution in [-0.2, 0) is 12.8 Å². The number of benzene rings is 1. The minimum atomic E-state index is 1.22. The monoisotopic (exact) mass is 259 g/mol.